The fourth-order valence-corrected chi connectivity index (χ4v) is 4.21. The van der Waals surface area contributed by atoms with E-state index < -0.39 is 22.0 Å². The average Bonchev–Trinajstić information content (AvgIpc) is 3.09. The highest BCUT2D eigenvalue weighted by Crippen LogP contribution is 2.40. The molecule has 0 aliphatic carbocycles. The Bertz CT molecular complexity index is 654. The Hall–Kier alpha value is -1.44. The van der Waals surface area contributed by atoms with Gasteiger partial charge in [0.25, 0.3) is 0 Å². The molecule has 3 rings (SSSR count). The molecule has 7 heteroatoms. The summed E-state index contributed by atoms with van der Waals surface area (Å²) in [7, 11) is -3.72. The Kier molecular flexibility index (Phi) is 3.51. The van der Waals surface area contributed by atoms with Crippen LogP contribution in [0.25, 0.3) is 0 Å². The Morgan fingerprint density at radius 2 is 2.05 bits per heavy atom. The molecule has 114 valence electrons. The maximum absolute atomic E-state index is 12.7. The smallest absolute Gasteiger partial charge is 0.327 e. The summed E-state index contributed by atoms with van der Waals surface area (Å²) >= 11 is 0. The van der Waals surface area contributed by atoms with Gasteiger partial charge >= 0.3 is 5.97 Å². The van der Waals surface area contributed by atoms with Gasteiger partial charge in [-0.15, -0.1) is 0 Å². The fraction of sp³-hybridized carbons (Fsp3) is 0.500. The van der Waals surface area contributed by atoms with Crippen molar-refractivity contribution in [2.24, 2.45) is 0 Å². The van der Waals surface area contributed by atoms with Crippen LogP contribution in [-0.2, 0) is 24.3 Å². The molecule has 2 aliphatic rings. The van der Waals surface area contributed by atoms with Gasteiger partial charge in [-0.1, -0.05) is 17.7 Å². The number of benzene rings is 1. The summed E-state index contributed by atoms with van der Waals surface area (Å²) in [5.41, 5.74) is 0.975. The Labute approximate surface area is 123 Å². The van der Waals surface area contributed by atoms with Gasteiger partial charge in [-0.3, -0.25) is 4.79 Å². The summed E-state index contributed by atoms with van der Waals surface area (Å²) in [6.07, 6.45) is -0.566. The fourth-order valence-electron chi connectivity index (χ4n) is 2.61. The number of hydrogen-bond donors (Lipinski definition) is 0. The topological polar surface area (TPSA) is 76.2 Å². The number of nitrogens with zero attached hydrogens (tertiary/aromatic N) is 1. The number of sulfonamides is 1. The third-order valence-electron chi connectivity index (χ3n) is 3.76. The lowest BCUT2D eigenvalue weighted by Crippen LogP contribution is -2.45. The average molecular weight is 311 g/mol. The molecule has 0 N–H and O–H groups in total. The number of epoxide rings is 1. The summed E-state index contributed by atoms with van der Waals surface area (Å²) in [6, 6.07) is 5.70. The molecule has 0 aromatic heterocycles. The van der Waals surface area contributed by atoms with Crippen molar-refractivity contribution < 1.29 is 22.7 Å². The van der Waals surface area contributed by atoms with E-state index in [1.807, 2.05) is 6.92 Å². The second-order valence-corrected chi connectivity index (χ2v) is 7.11. The molecule has 0 saturated carbocycles. The van der Waals surface area contributed by atoms with Crippen LogP contribution >= 0.6 is 0 Å². The molecule has 0 amide bonds. The molecule has 2 saturated heterocycles. The van der Waals surface area contributed by atoms with Crippen LogP contribution in [0.1, 0.15) is 12.5 Å². The highest BCUT2D eigenvalue weighted by atomic mass is 32.2. The van der Waals surface area contributed by atoms with Gasteiger partial charge in [0.05, 0.1) is 11.5 Å². The maximum atomic E-state index is 12.7. The number of esters is 1. The zero-order valence-corrected chi connectivity index (χ0v) is 12.7. The molecule has 0 unspecified atom stereocenters. The van der Waals surface area contributed by atoms with E-state index >= 15 is 0 Å². The number of aryl methyl sites for hydroxylation is 1. The second-order valence-electron chi connectivity index (χ2n) is 5.22. The largest absolute Gasteiger partial charge is 0.465 e. The van der Waals surface area contributed by atoms with Gasteiger partial charge in [-0.05, 0) is 26.0 Å². The predicted octanol–water partition coefficient (Wildman–Crippen LogP) is 0.698. The van der Waals surface area contributed by atoms with Crippen molar-refractivity contribution in [1.82, 2.24) is 4.31 Å². The van der Waals surface area contributed by atoms with E-state index in [0.717, 1.165) is 5.56 Å². The van der Waals surface area contributed by atoms with Crippen molar-refractivity contribution in [3.8, 4) is 0 Å². The zero-order valence-electron chi connectivity index (χ0n) is 11.9. The lowest BCUT2D eigenvalue weighted by molar-refractivity contribution is -0.148. The molecule has 2 aliphatic heterocycles. The van der Waals surface area contributed by atoms with E-state index in [2.05, 4.69) is 0 Å². The Balaban J connectivity index is 1.91. The van der Waals surface area contributed by atoms with Crippen LogP contribution in [0.4, 0.5) is 0 Å². The first-order chi connectivity index (χ1) is 9.95. The zero-order chi connectivity index (χ0) is 15.2. The molecule has 1 aromatic carbocycles. The third kappa shape index (κ3) is 2.45. The Morgan fingerprint density at radius 1 is 1.38 bits per heavy atom. The van der Waals surface area contributed by atoms with Crippen LogP contribution in [0.5, 0.6) is 0 Å². The van der Waals surface area contributed by atoms with Gasteiger partial charge < -0.3 is 9.47 Å². The molecule has 0 radical (unpaired) electrons. The normalized spacial score (nSPS) is 28.2. The van der Waals surface area contributed by atoms with Crippen molar-refractivity contribution >= 4 is 16.0 Å². The molecule has 2 heterocycles. The lowest BCUT2D eigenvalue weighted by Gasteiger charge is -2.24. The van der Waals surface area contributed by atoms with Gasteiger partial charge in [0, 0.05) is 6.54 Å². The lowest BCUT2D eigenvalue weighted by atomic mass is 10.2. The highest BCUT2D eigenvalue weighted by Gasteiger charge is 2.61. The molecular weight excluding hydrogens is 294 g/mol. The van der Waals surface area contributed by atoms with Crippen LogP contribution < -0.4 is 0 Å². The second kappa shape index (κ2) is 5.08. The van der Waals surface area contributed by atoms with Crippen molar-refractivity contribution in [3.63, 3.8) is 0 Å². The van der Waals surface area contributed by atoms with E-state index in [9.17, 15) is 13.2 Å². The highest BCUT2D eigenvalue weighted by molar-refractivity contribution is 7.89. The predicted molar refractivity (Wildman–Crippen MR) is 74.2 cm³/mol. The first-order valence-corrected chi connectivity index (χ1v) is 8.29. The first-order valence-electron chi connectivity index (χ1n) is 6.85. The van der Waals surface area contributed by atoms with Gasteiger partial charge in [0.15, 0.2) is 6.04 Å². The van der Waals surface area contributed by atoms with Gasteiger partial charge in [-0.2, -0.15) is 4.31 Å². The quantitative estimate of drug-likeness (QED) is 0.604. The minimum atomic E-state index is -3.72. The summed E-state index contributed by atoms with van der Waals surface area (Å²) in [5.74, 6) is -0.543. The van der Waals surface area contributed by atoms with Crippen LogP contribution in [0.15, 0.2) is 29.2 Å². The SMILES string of the molecule is CCOC(=O)[C@H]1[C@@H]2O[C@@H]2CN1S(=O)(=O)c1ccc(C)cc1. The maximum Gasteiger partial charge on any atom is 0.327 e. The van der Waals surface area contributed by atoms with Crippen LogP contribution in [0.2, 0.25) is 0 Å². The molecular formula is C14H17NO5S. The third-order valence-corrected chi connectivity index (χ3v) is 5.62. The molecule has 3 atom stereocenters. The van der Waals surface area contributed by atoms with Crippen molar-refractivity contribution in [1.29, 1.82) is 0 Å². The molecule has 2 fully saturated rings. The number of carbonyl (C=O) groups is 1. The number of morpholine rings is 1. The Morgan fingerprint density at radius 3 is 2.67 bits per heavy atom. The van der Waals surface area contributed by atoms with Crippen molar-refractivity contribution in [2.45, 2.75) is 37.0 Å². The van der Waals surface area contributed by atoms with E-state index in [1.54, 1.807) is 31.2 Å². The van der Waals surface area contributed by atoms with E-state index in [4.69, 9.17) is 9.47 Å². The molecule has 1 aromatic rings. The number of hydrogen-bond acceptors (Lipinski definition) is 5. The molecule has 21 heavy (non-hydrogen) atoms. The van der Waals surface area contributed by atoms with Crippen molar-refractivity contribution in [2.75, 3.05) is 13.2 Å². The van der Waals surface area contributed by atoms with Gasteiger partial charge in [-0.25, -0.2) is 8.42 Å². The number of carbonyl (C=O) groups excluding carboxylic acids is 1. The molecule has 6 nitrogen and oxygen atoms in total. The molecule has 0 bridgehead atoms. The van der Waals surface area contributed by atoms with E-state index in [0.29, 0.717) is 0 Å². The minimum absolute atomic E-state index is 0.184. The first kappa shape index (κ1) is 14.5. The van der Waals surface area contributed by atoms with Crippen LogP contribution in [-0.4, -0.2) is 50.1 Å². The monoisotopic (exact) mass is 311 g/mol. The van der Waals surface area contributed by atoms with Crippen LogP contribution in [0.3, 0.4) is 0 Å². The van der Waals surface area contributed by atoms with E-state index in [-0.39, 0.29) is 30.3 Å². The summed E-state index contributed by atoms with van der Waals surface area (Å²) < 4.78 is 36.9. The minimum Gasteiger partial charge on any atom is -0.465 e. The van der Waals surface area contributed by atoms with Gasteiger partial charge in [0.1, 0.15) is 12.2 Å². The van der Waals surface area contributed by atoms with E-state index in [1.165, 1.54) is 4.31 Å². The summed E-state index contributed by atoms with van der Waals surface area (Å²) in [6.45, 7) is 3.99. The number of ether oxygens (including phenoxy) is 2. The molecule has 0 spiro atoms. The number of fused-ring (bicyclic) bond motifs is 1. The van der Waals surface area contributed by atoms with Crippen LogP contribution in [0, 0.1) is 6.92 Å². The standard InChI is InChI=1S/C14H17NO5S/c1-3-19-14(16)12-13-11(20-13)8-15(12)21(17,18)10-6-4-9(2)5-7-10/h4-7,11-13H,3,8H2,1-2H3/t11-,12-,13-/m1/s1. The summed E-state index contributed by atoms with van der Waals surface area (Å²) in [4.78, 5) is 12.2. The number of rotatable bonds is 4. The van der Waals surface area contributed by atoms with Crippen molar-refractivity contribution in [3.05, 3.63) is 29.8 Å². The van der Waals surface area contributed by atoms with Gasteiger partial charge in [0.2, 0.25) is 10.0 Å². The summed E-state index contributed by atoms with van der Waals surface area (Å²) in [5, 5.41) is 0.